The molecule has 0 heterocycles. The zero-order chi connectivity index (χ0) is 14.3. The zero-order valence-corrected chi connectivity index (χ0v) is 12.4. The second-order valence-electron chi connectivity index (χ2n) is 5.40. The van der Waals surface area contributed by atoms with E-state index in [2.05, 4.69) is 6.92 Å². The van der Waals surface area contributed by atoms with Gasteiger partial charge in [0, 0.05) is 33.4 Å². The van der Waals surface area contributed by atoms with Crippen molar-refractivity contribution in [2.75, 3.05) is 40.5 Å². The largest absolute Gasteiger partial charge is 0.383 e. The summed E-state index contributed by atoms with van der Waals surface area (Å²) >= 11 is 0. The maximum absolute atomic E-state index is 12.6. The van der Waals surface area contributed by atoms with Crippen molar-refractivity contribution in [2.45, 2.75) is 32.2 Å². The van der Waals surface area contributed by atoms with Crippen LogP contribution in [0.15, 0.2) is 0 Å². The molecule has 0 radical (unpaired) electrons. The molecule has 5 nitrogen and oxygen atoms in total. The Morgan fingerprint density at radius 2 is 1.79 bits per heavy atom. The van der Waals surface area contributed by atoms with Crippen LogP contribution in [0.4, 0.5) is 0 Å². The summed E-state index contributed by atoms with van der Waals surface area (Å²) in [6.45, 7) is 4.45. The van der Waals surface area contributed by atoms with E-state index < -0.39 is 0 Å². The monoisotopic (exact) mass is 272 g/mol. The van der Waals surface area contributed by atoms with E-state index >= 15 is 0 Å². The Balaban J connectivity index is 2.62. The lowest BCUT2D eigenvalue weighted by atomic mass is 9.77. The van der Waals surface area contributed by atoms with Crippen LogP contribution >= 0.6 is 0 Å². The van der Waals surface area contributed by atoms with Crippen LogP contribution in [0.25, 0.3) is 0 Å². The van der Waals surface area contributed by atoms with Gasteiger partial charge in [0.1, 0.15) is 0 Å². The van der Waals surface area contributed by atoms with E-state index in [4.69, 9.17) is 15.2 Å². The molecule has 5 heteroatoms. The van der Waals surface area contributed by atoms with Gasteiger partial charge >= 0.3 is 0 Å². The Bertz CT molecular complexity index is 265. The zero-order valence-electron chi connectivity index (χ0n) is 12.4. The number of ether oxygens (including phenoxy) is 2. The summed E-state index contributed by atoms with van der Waals surface area (Å²) in [5.41, 5.74) is 6.21. The number of hydrogen-bond donors (Lipinski definition) is 1. The molecule has 0 saturated heterocycles. The Hall–Kier alpha value is -0.650. The second-order valence-corrected chi connectivity index (χ2v) is 5.40. The minimum Gasteiger partial charge on any atom is -0.383 e. The standard InChI is InChI=1S/C14H28N2O3/c1-11-5-4-6-12(13(11)15)14(17)16(7-9-18-2)8-10-19-3/h11-13H,4-10,15H2,1-3H3. The highest BCUT2D eigenvalue weighted by Crippen LogP contribution is 2.29. The number of nitrogens with zero attached hydrogens (tertiary/aromatic N) is 1. The van der Waals surface area contributed by atoms with E-state index in [0.717, 1.165) is 19.3 Å². The molecule has 1 amide bonds. The van der Waals surface area contributed by atoms with Crippen LogP contribution in [0.1, 0.15) is 26.2 Å². The summed E-state index contributed by atoms with van der Waals surface area (Å²) in [6.07, 6.45) is 3.12. The molecule has 112 valence electrons. The third-order valence-electron chi connectivity index (χ3n) is 4.06. The average molecular weight is 272 g/mol. The second kappa shape index (κ2) is 8.51. The van der Waals surface area contributed by atoms with E-state index in [1.165, 1.54) is 0 Å². The highest BCUT2D eigenvalue weighted by molar-refractivity contribution is 5.79. The van der Waals surface area contributed by atoms with Crippen LogP contribution in [0, 0.1) is 11.8 Å². The van der Waals surface area contributed by atoms with Gasteiger partial charge in [0.2, 0.25) is 5.91 Å². The lowest BCUT2D eigenvalue weighted by molar-refractivity contribution is -0.139. The molecule has 0 aromatic heterocycles. The number of amides is 1. The van der Waals surface area contributed by atoms with E-state index in [-0.39, 0.29) is 17.9 Å². The molecule has 3 unspecified atom stereocenters. The fourth-order valence-electron chi connectivity index (χ4n) is 2.70. The van der Waals surface area contributed by atoms with Gasteiger partial charge < -0.3 is 20.1 Å². The van der Waals surface area contributed by atoms with Crippen LogP contribution in [0.2, 0.25) is 0 Å². The van der Waals surface area contributed by atoms with Crippen molar-refractivity contribution < 1.29 is 14.3 Å². The first-order chi connectivity index (χ1) is 9.11. The molecule has 0 spiro atoms. The van der Waals surface area contributed by atoms with E-state index in [1.54, 1.807) is 14.2 Å². The average Bonchev–Trinajstić information content (AvgIpc) is 2.41. The van der Waals surface area contributed by atoms with Gasteiger partial charge in [-0.1, -0.05) is 13.3 Å². The van der Waals surface area contributed by atoms with Crippen LogP contribution in [-0.4, -0.2) is 57.4 Å². The highest BCUT2D eigenvalue weighted by Gasteiger charge is 2.34. The summed E-state index contributed by atoms with van der Waals surface area (Å²) in [5, 5.41) is 0. The topological polar surface area (TPSA) is 64.8 Å². The minimum absolute atomic E-state index is 0.0196. The number of methoxy groups -OCH3 is 2. The lowest BCUT2D eigenvalue weighted by Gasteiger charge is -2.36. The first kappa shape index (κ1) is 16.4. The molecule has 0 aliphatic heterocycles. The van der Waals surface area contributed by atoms with Gasteiger partial charge in [-0.25, -0.2) is 0 Å². The Kier molecular flexibility index (Phi) is 7.34. The summed E-state index contributed by atoms with van der Waals surface area (Å²) in [7, 11) is 3.29. The normalized spacial score (nSPS) is 27.3. The van der Waals surface area contributed by atoms with Gasteiger partial charge in [0.25, 0.3) is 0 Å². The predicted octanol–water partition coefficient (Wildman–Crippen LogP) is 0.871. The number of rotatable bonds is 7. The SMILES string of the molecule is COCCN(CCOC)C(=O)C1CCCC(C)C1N. The van der Waals surface area contributed by atoms with Crippen molar-refractivity contribution in [1.82, 2.24) is 4.90 Å². The number of nitrogens with two attached hydrogens (primary N) is 1. The first-order valence-electron chi connectivity index (χ1n) is 7.14. The molecule has 1 aliphatic rings. The minimum atomic E-state index is -0.0440. The highest BCUT2D eigenvalue weighted by atomic mass is 16.5. The molecule has 3 atom stereocenters. The van der Waals surface area contributed by atoms with Crippen molar-refractivity contribution >= 4 is 5.91 Å². The molecule has 19 heavy (non-hydrogen) atoms. The molecular formula is C14H28N2O3. The Morgan fingerprint density at radius 3 is 2.32 bits per heavy atom. The van der Waals surface area contributed by atoms with Crippen molar-refractivity contribution in [3.63, 3.8) is 0 Å². The van der Waals surface area contributed by atoms with Crippen molar-refractivity contribution in [2.24, 2.45) is 17.6 Å². The van der Waals surface area contributed by atoms with Gasteiger partial charge in [0.15, 0.2) is 0 Å². The third-order valence-corrected chi connectivity index (χ3v) is 4.06. The fraction of sp³-hybridized carbons (Fsp3) is 0.929. The van der Waals surface area contributed by atoms with Gasteiger partial charge in [-0.15, -0.1) is 0 Å². The van der Waals surface area contributed by atoms with Gasteiger partial charge in [0.05, 0.1) is 19.1 Å². The van der Waals surface area contributed by atoms with Crippen molar-refractivity contribution in [1.29, 1.82) is 0 Å². The van der Waals surface area contributed by atoms with E-state index in [9.17, 15) is 4.79 Å². The van der Waals surface area contributed by atoms with E-state index in [1.807, 2.05) is 4.90 Å². The molecule has 2 N–H and O–H groups in total. The van der Waals surface area contributed by atoms with Gasteiger partial charge in [-0.05, 0) is 18.8 Å². The van der Waals surface area contributed by atoms with Crippen LogP contribution < -0.4 is 5.73 Å². The maximum atomic E-state index is 12.6. The van der Waals surface area contributed by atoms with Gasteiger partial charge in [-0.2, -0.15) is 0 Å². The number of hydrogen-bond acceptors (Lipinski definition) is 4. The molecule has 0 aromatic carbocycles. The summed E-state index contributed by atoms with van der Waals surface area (Å²) in [4.78, 5) is 14.4. The van der Waals surface area contributed by atoms with Crippen LogP contribution in [0.5, 0.6) is 0 Å². The fourth-order valence-corrected chi connectivity index (χ4v) is 2.70. The van der Waals surface area contributed by atoms with Crippen molar-refractivity contribution in [3.05, 3.63) is 0 Å². The molecular weight excluding hydrogens is 244 g/mol. The summed E-state index contributed by atoms with van der Waals surface area (Å²) < 4.78 is 10.1. The number of carbonyl (C=O) groups excluding carboxylic acids is 1. The third kappa shape index (κ3) is 4.75. The molecule has 1 fully saturated rings. The predicted molar refractivity (Wildman–Crippen MR) is 74.8 cm³/mol. The molecule has 1 aliphatic carbocycles. The molecule has 0 aromatic rings. The smallest absolute Gasteiger partial charge is 0.227 e. The summed E-state index contributed by atoms with van der Waals surface area (Å²) in [6, 6.07) is -0.0196. The Morgan fingerprint density at radius 1 is 1.21 bits per heavy atom. The van der Waals surface area contributed by atoms with Crippen LogP contribution in [0.3, 0.4) is 0 Å². The molecule has 1 saturated carbocycles. The molecule has 0 bridgehead atoms. The summed E-state index contributed by atoms with van der Waals surface area (Å²) in [5.74, 6) is 0.542. The maximum Gasteiger partial charge on any atom is 0.227 e. The van der Waals surface area contributed by atoms with Crippen LogP contribution in [-0.2, 0) is 14.3 Å². The van der Waals surface area contributed by atoms with Crippen molar-refractivity contribution in [3.8, 4) is 0 Å². The lowest BCUT2D eigenvalue weighted by Crippen LogP contribution is -2.50. The Labute approximate surface area is 116 Å². The van der Waals surface area contributed by atoms with Gasteiger partial charge in [-0.3, -0.25) is 4.79 Å². The first-order valence-corrected chi connectivity index (χ1v) is 7.14. The van der Waals surface area contributed by atoms with E-state index in [0.29, 0.717) is 32.2 Å². The molecule has 1 rings (SSSR count). The quantitative estimate of drug-likeness (QED) is 0.747. The number of carbonyl (C=O) groups is 1.